The lowest BCUT2D eigenvalue weighted by molar-refractivity contribution is -0.346. The molecule has 0 radical (unpaired) electrons. The first-order chi connectivity index (χ1) is 31.2. The summed E-state index contributed by atoms with van der Waals surface area (Å²) < 4.78 is 30.6. The number of nitrogens with one attached hydrogen (secondary N) is 1. The van der Waals surface area contributed by atoms with E-state index in [0.717, 1.165) is 19.2 Å². The third kappa shape index (κ3) is 7.57. The molecule has 1 amide bonds. The van der Waals surface area contributed by atoms with Crippen molar-refractivity contribution >= 4 is 46.3 Å². The Labute approximate surface area is 381 Å². The van der Waals surface area contributed by atoms with Gasteiger partial charge < -0.3 is 44.3 Å². The number of ketones is 1. The first-order valence-electron chi connectivity index (χ1n) is 21.9. The molecule has 2 bridgehead atoms. The average molecular weight is 904 g/mol. The number of rotatable bonds is 10. The molecule has 0 spiro atoms. The van der Waals surface area contributed by atoms with Crippen molar-refractivity contribution in [2.75, 3.05) is 6.61 Å². The monoisotopic (exact) mass is 903 g/mol. The Hall–Kier alpha value is -6.26. The number of carbonyl (C=O) groups excluding carboxylic acids is 6. The first kappa shape index (κ1) is 46.3. The van der Waals surface area contributed by atoms with Crippen molar-refractivity contribution in [3.63, 3.8) is 0 Å². The highest BCUT2D eigenvalue weighted by molar-refractivity contribution is 5.97. The fourth-order valence-corrected chi connectivity index (χ4v) is 10.9. The quantitative estimate of drug-likeness (QED) is 0.0947. The van der Waals surface area contributed by atoms with Gasteiger partial charge in [0.25, 0.3) is 5.91 Å². The van der Waals surface area contributed by atoms with Crippen molar-refractivity contribution in [3.05, 3.63) is 131 Å². The summed E-state index contributed by atoms with van der Waals surface area (Å²) in [5.74, 6) is -6.88. The van der Waals surface area contributed by atoms with Crippen LogP contribution in [0.3, 0.4) is 0 Å². The standard InChI is InChI=1S/C51H53NO14/c1-27-35(64-47(60)40(56)39(31-16-9-7-10-17-31)52-45(58)32-18-11-8-12-19-32)25-51(61)44(65-46(59)34-22-21-30-15-13-14-20-33(30)23-34)42-49(6,36(55)24-37-50(42,26-62-37)66-29(3)54)43(57)41(63-28(2)53)38(27)48(51,4)5/h7-23,35-37,39-42,44,55-56,61H,24-26H2,1-6H3,(H,52,58)/t35-,36-,37+,39-,40+,41+,42-,44-,49+,50-,51+/m0/s1. The van der Waals surface area contributed by atoms with E-state index in [9.17, 15) is 39.3 Å². The second-order valence-corrected chi connectivity index (χ2v) is 18.5. The molecule has 0 aromatic heterocycles. The van der Waals surface area contributed by atoms with Crippen LogP contribution in [0.5, 0.6) is 0 Å². The molecule has 346 valence electrons. The SMILES string of the molecule is CC(=O)O[C@H]1C(=O)[C@@]2(C)[C@H]([C@H](OC(=O)c3ccc4ccccc4c3)[C@]3(O)C[C@H](OC(=O)[C@H](O)[C@@H](NC(=O)c4ccccc4)c4ccccc4)C(C)=C1C3(C)C)[C@]1(OC(C)=O)CO[C@@H]1C[C@@H]2O. The van der Waals surface area contributed by atoms with Gasteiger partial charge in [0.1, 0.15) is 23.9 Å². The molecule has 8 rings (SSSR count). The van der Waals surface area contributed by atoms with Gasteiger partial charge >= 0.3 is 23.9 Å². The molecule has 4 aliphatic rings. The molecule has 1 saturated heterocycles. The number of aliphatic hydroxyl groups is 3. The Morgan fingerprint density at radius 2 is 1.44 bits per heavy atom. The summed E-state index contributed by atoms with van der Waals surface area (Å²) in [5.41, 5.74) is -7.12. The van der Waals surface area contributed by atoms with Crippen LogP contribution in [-0.2, 0) is 42.9 Å². The Kier molecular flexibility index (Phi) is 12.1. The maximum Gasteiger partial charge on any atom is 0.338 e. The molecule has 3 aliphatic carbocycles. The van der Waals surface area contributed by atoms with Gasteiger partial charge in [0.2, 0.25) is 0 Å². The second kappa shape index (κ2) is 17.2. The first-order valence-corrected chi connectivity index (χ1v) is 21.9. The maximum absolute atomic E-state index is 15.6. The third-order valence-corrected chi connectivity index (χ3v) is 14.5. The van der Waals surface area contributed by atoms with Crippen LogP contribution in [0.1, 0.15) is 86.7 Å². The van der Waals surface area contributed by atoms with E-state index in [0.29, 0.717) is 10.9 Å². The number of esters is 4. The minimum atomic E-state index is -2.42. The van der Waals surface area contributed by atoms with E-state index in [1.54, 1.807) is 105 Å². The van der Waals surface area contributed by atoms with Gasteiger partial charge in [-0.3, -0.25) is 19.2 Å². The molecule has 2 saturated carbocycles. The van der Waals surface area contributed by atoms with Crippen LogP contribution in [0.4, 0.5) is 0 Å². The Morgan fingerprint density at radius 3 is 2.06 bits per heavy atom. The number of hydrogen-bond donors (Lipinski definition) is 4. The van der Waals surface area contributed by atoms with Crippen molar-refractivity contribution in [2.45, 2.75) is 108 Å². The van der Waals surface area contributed by atoms with Gasteiger partial charge in [-0.15, -0.1) is 0 Å². The Bertz CT molecular complexity index is 2630. The number of aliphatic hydroxyl groups excluding tert-OH is 2. The Balaban J connectivity index is 1.28. The average Bonchev–Trinajstić information content (AvgIpc) is 3.29. The molecule has 15 nitrogen and oxygen atoms in total. The number of fused-ring (bicyclic) bond motifs is 6. The van der Waals surface area contributed by atoms with E-state index >= 15 is 4.79 Å². The number of Topliss-reactive ketones (excluding diaryl/α,β-unsaturated/α-hetero) is 1. The largest absolute Gasteiger partial charge is 0.456 e. The molecular formula is C51H53NO14. The minimum absolute atomic E-state index is 0.00659. The fourth-order valence-electron chi connectivity index (χ4n) is 10.9. The number of amides is 1. The van der Waals surface area contributed by atoms with Crippen molar-refractivity contribution in [3.8, 4) is 0 Å². The van der Waals surface area contributed by atoms with Gasteiger partial charge in [-0.1, -0.05) is 92.7 Å². The fraction of sp³-hybridized carbons (Fsp3) is 0.412. The molecule has 11 atom stereocenters. The predicted molar refractivity (Wildman–Crippen MR) is 235 cm³/mol. The molecule has 66 heavy (non-hydrogen) atoms. The van der Waals surface area contributed by atoms with Gasteiger partial charge in [-0.2, -0.15) is 0 Å². The van der Waals surface area contributed by atoms with E-state index < -0.39 is 113 Å². The van der Waals surface area contributed by atoms with Crippen LogP contribution in [-0.4, -0.2) is 105 Å². The summed E-state index contributed by atoms with van der Waals surface area (Å²) >= 11 is 0. The zero-order valence-corrected chi connectivity index (χ0v) is 37.4. The van der Waals surface area contributed by atoms with Crippen LogP contribution in [0.25, 0.3) is 10.8 Å². The molecule has 4 N–H and O–H groups in total. The highest BCUT2D eigenvalue weighted by Crippen LogP contribution is 2.64. The van der Waals surface area contributed by atoms with Crippen LogP contribution in [0.15, 0.2) is 114 Å². The summed E-state index contributed by atoms with van der Waals surface area (Å²) in [5, 5.41) is 42.1. The predicted octanol–water partition coefficient (Wildman–Crippen LogP) is 4.89. The van der Waals surface area contributed by atoms with Crippen LogP contribution >= 0.6 is 0 Å². The Morgan fingerprint density at radius 1 is 0.803 bits per heavy atom. The summed E-state index contributed by atoms with van der Waals surface area (Å²) in [6.07, 6.45) is -10.6. The van der Waals surface area contributed by atoms with Crippen molar-refractivity contribution < 1.29 is 67.8 Å². The van der Waals surface area contributed by atoms with E-state index in [2.05, 4.69) is 5.32 Å². The number of benzene rings is 4. The zero-order chi connectivity index (χ0) is 47.5. The molecule has 3 fully saturated rings. The van der Waals surface area contributed by atoms with Crippen LogP contribution in [0.2, 0.25) is 0 Å². The molecule has 4 aromatic carbocycles. The van der Waals surface area contributed by atoms with Crippen molar-refractivity contribution in [2.24, 2.45) is 16.7 Å². The van der Waals surface area contributed by atoms with Gasteiger partial charge in [-0.25, -0.2) is 9.59 Å². The van der Waals surface area contributed by atoms with Crippen LogP contribution in [0, 0.1) is 16.7 Å². The van der Waals surface area contributed by atoms with E-state index in [-0.39, 0.29) is 35.3 Å². The smallest absolute Gasteiger partial charge is 0.338 e. The summed E-state index contributed by atoms with van der Waals surface area (Å²) in [7, 11) is 0. The van der Waals surface area contributed by atoms with Gasteiger partial charge in [0.15, 0.2) is 23.6 Å². The van der Waals surface area contributed by atoms with Crippen molar-refractivity contribution in [1.82, 2.24) is 5.32 Å². The zero-order valence-electron chi connectivity index (χ0n) is 37.4. The van der Waals surface area contributed by atoms with Gasteiger partial charge in [0, 0.05) is 37.7 Å². The molecule has 1 aliphatic heterocycles. The summed E-state index contributed by atoms with van der Waals surface area (Å²) in [6, 6.07) is 27.3. The molecule has 0 unspecified atom stereocenters. The molecule has 1 heterocycles. The second-order valence-electron chi connectivity index (χ2n) is 18.5. The van der Waals surface area contributed by atoms with Crippen molar-refractivity contribution in [1.29, 1.82) is 0 Å². The van der Waals surface area contributed by atoms with Gasteiger partial charge in [0.05, 0.1) is 35.6 Å². The maximum atomic E-state index is 15.6. The van der Waals surface area contributed by atoms with E-state index in [1.807, 2.05) is 12.1 Å². The topological polar surface area (TPSA) is 221 Å². The number of carbonyl (C=O) groups is 6. The van der Waals surface area contributed by atoms with E-state index in [4.69, 9.17) is 23.7 Å². The highest BCUT2D eigenvalue weighted by Gasteiger charge is 2.78. The lowest BCUT2D eigenvalue weighted by Crippen LogP contribution is -2.82. The number of hydrogen-bond acceptors (Lipinski definition) is 14. The molecular weight excluding hydrogens is 851 g/mol. The highest BCUT2D eigenvalue weighted by atomic mass is 16.6. The molecule has 15 heteroatoms. The lowest BCUT2D eigenvalue weighted by Gasteiger charge is -2.67. The minimum Gasteiger partial charge on any atom is -0.456 e. The third-order valence-electron chi connectivity index (χ3n) is 14.5. The number of ether oxygens (including phenoxy) is 5. The van der Waals surface area contributed by atoms with Crippen LogP contribution < -0.4 is 5.32 Å². The van der Waals surface area contributed by atoms with E-state index in [1.165, 1.54) is 13.8 Å². The van der Waals surface area contributed by atoms with Gasteiger partial charge in [-0.05, 0) is 65.6 Å². The normalized spacial score (nSPS) is 30.7. The molecule has 4 aromatic rings. The lowest BCUT2D eigenvalue weighted by atomic mass is 9.44. The summed E-state index contributed by atoms with van der Waals surface area (Å²) in [4.78, 5) is 84.4. The summed E-state index contributed by atoms with van der Waals surface area (Å²) in [6.45, 7) is 8.00.